The van der Waals surface area contributed by atoms with Gasteiger partial charge in [-0.05, 0) is 25.0 Å². The van der Waals surface area contributed by atoms with Gasteiger partial charge in [0, 0.05) is 31.3 Å². The molecule has 1 saturated carbocycles. The van der Waals surface area contributed by atoms with E-state index in [1.807, 2.05) is 17.6 Å². The summed E-state index contributed by atoms with van der Waals surface area (Å²) in [5.74, 6) is -2.56. The summed E-state index contributed by atoms with van der Waals surface area (Å²) < 4.78 is 28.4. The molecule has 2 heterocycles. The lowest BCUT2D eigenvalue weighted by Crippen LogP contribution is -2.44. The van der Waals surface area contributed by atoms with Crippen molar-refractivity contribution in [2.24, 2.45) is 5.73 Å². The molecule has 1 aliphatic carbocycles. The molecule has 0 unspecified atom stereocenters. The second-order valence-corrected chi connectivity index (χ2v) is 9.63. The van der Waals surface area contributed by atoms with E-state index in [-0.39, 0.29) is 41.3 Å². The minimum atomic E-state index is -2.68. The number of carbonyl (C=O) groups excluding carboxylic acids is 1. The van der Waals surface area contributed by atoms with Gasteiger partial charge in [0.1, 0.15) is 5.52 Å². The first kappa shape index (κ1) is 25.9. The van der Waals surface area contributed by atoms with E-state index in [9.17, 15) is 18.8 Å². The molecule has 2 aromatic heterocycles. The molecule has 1 atom stereocenters. The van der Waals surface area contributed by atoms with Crippen LogP contribution in [0.1, 0.15) is 57.1 Å². The number of nitrogens with zero attached hydrogens (tertiary/aromatic N) is 5. The molecule has 13 heteroatoms. The Morgan fingerprint density at radius 3 is 2.58 bits per heavy atom. The van der Waals surface area contributed by atoms with Crippen molar-refractivity contribution in [3.8, 4) is 6.07 Å². The number of nitriles is 1. The largest absolute Gasteiger partial charge is 0.370 e. The molecule has 1 amide bonds. The van der Waals surface area contributed by atoms with E-state index >= 15 is 0 Å². The third kappa shape index (κ3) is 5.60. The topological polar surface area (TPSA) is 135 Å². The number of nitrogens with one attached hydrogen (secondary N) is 2. The zero-order chi connectivity index (χ0) is 26.0. The number of aromatic nitrogens is 4. The summed E-state index contributed by atoms with van der Waals surface area (Å²) >= 11 is 12.8. The predicted molar refractivity (Wildman–Crippen MR) is 134 cm³/mol. The number of carbonyl (C=O) groups is 1. The van der Waals surface area contributed by atoms with E-state index < -0.39 is 17.9 Å². The second-order valence-electron chi connectivity index (χ2n) is 8.81. The number of hydrogen-bond donors (Lipinski definition) is 3. The van der Waals surface area contributed by atoms with Crippen LogP contribution in [0.25, 0.3) is 11.2 Å². The van der Waals surface area contributed by atoms with Gasteiger partial charge in [0.05, 0.1) is 33.6 Å². The Bertz CT molecular complexity index is 1310. The van der Waals surface area contributed by atoms with E-state index in [0.29, 0.717) is 41.2 Å². The van der Waals surface area contributed by atoms with Crippen molar-refractivity contribution in [2.45, 2.75) is 63.5 Å². The van der Waals surface area contributed by atoms with Crippen molar-refractivity contribution in [1.82, 2.24) is 19.5 Å². The molecular formula is C23H24Cl2F2N8O. The molecule has 1 fully saturated rings. The van der Waals surface area contributed by atoms with E-state index in [0.717, 1.165) is 6.42 Å². The number of fused-ring (bicyclic) bond motifs is 1. The van der Waals surface area contributed by atoms with Crippen LogP contribution in [0.5, 0.6) is 0 Å². The third-order valence-corrected chi connectivity index (χ3v) is 6.57. The van der Waals surface area contributed by atoms with E-state index in [2.05, 4.69) is 25.6 Å². The molecular weight excluding hydrogens is 513 g/mol. The van der Waals surface area contributed by atoms with Gasteiger partial charge >= 0.3 is 0 Å². The van der Waals surface area contributed by atoms with E-state index in [1.165, 1.54) is 18.3 Å². The van der Waals surface area contributed by atoms with Crippen LogP contribution in [0.15, 0.2) is 18.3 Å². The lowest BCUT2D eigenvalue weighted by molar-refractivity contribution is -0.118. The van der Waals surface area contributed by atoms with Crippen molar-refractivity contribution in [2.75, 3.05) is 10.6 Å². The van der Waals surface area contributed by atoms with Crippen LogP contribution >= 0.6 is 23.2 Å². The summed E-state index contributed by atoms with van der Waals surface area (Å²) in [6.45, 7) is 2.01. The van der Waals surface area contributed by atoms with Crippen molar-refractivity contribution in [3.63, 3.8) is 0 Å². The normalized spacial score (nSPS) is 15.8. The van der Waals surface area contributed by atoms with Crippen LogP contribution in [0.4, 0.5) is 26.4 Å². The summed E-state index contributed by atoms with van der Waals surface area (Å²) in [5, 5.41) is 15.7. The van der Waals surface area contributed by atoms with Crippen LogP contribution in [-0.4, -0.2) is 37.4 Å². The van der Waals surface area contributed by atoms with Crippen LogP contribution in [0, 0.1) is 11.3 Å². The first-order valence-electron chi connectivity index (χ1n) is 11.4. The summed E-state index contributed by atoms with van der Waals surface area (Å²) in [5.41, 5.74) is 6.97. The first-order valence-corrected chi connectivity index (χ1v) is 12.2. The third-order valence-electron chi connectivity index (χ3n) is 5.98. The highest BCUT2D eigenvalue weighted by molar-refractivity contribution is 6.39. The Morgan fingerprint density at radius 2 is 2.00 bits per heavy atom. The minimum Gasteiger partial charge on any atom is -0.370 e. The number of imidazole rings is 1. The average Bonchev–Trinajstić information content (AvgIpc) is 3.14. The molecule has 0 bridgehead atoms. The smallest absolute Gasteiger partial charge is 0.252 e. The zero-order valence-corrected chi connectivity index (χ0v) is 20.9. The lowest BCUT2D eigenvalue weighted by Gasteiger charge is -2.35. The van der Waals surface area contributed by atoms with Gasteiger partial charge in [-0.1, -0.05) is 36.5 Å². The molecule has 1 aliphatic rings. The second kappa shape index (κ2) is 10.4. The van der Waals surface area contributed by atoms with Crippen LogP contribution in [-0.2, 0) is 4.79 Å². The maximum atomic E-state index is 13.3. The molecule has 3 aromatic rings. The van der Waals surface area contributed by atoms with Gasteiger partial charge < -0.3 is 16.4 Å². The monoisotopic (exact) mass is 536 g/mol. The number of anilines is 3. The molecule has 190 valence electrons. The molecule has 1 aromatic carbocycles. The zero-order valence-electron chi connectivity index (χ0n) is 19.4. The van der Waals surface area contributed by atoms with Crippen molar-refractivity contribution in [3.05, 3.63) is 33.9 Å². The number of halogens is 4. The number of nitrogens with two attached hydrogens (primary N) is 1. The van der Waals surface area contributed by atoms with Crippen LogP contribution in [0.2, 0.25) is 10.0 Å². The first-order chi connectivity index (χ1) is 17.1. The molecule has 0 aliphatic heterocycles. The molecule has 36 heavy (non-hydrogen) atoms. The summed E-state index contributed by atoms with van der Waals surface area (Å²) in [6, 6.07) is 4.31. The van der Waals surface area contributed by atoms with Gasteiger partial charge in [-0.15, -0.1) is 0 Å². The Hall–Kier alpha value is -3.23. The molecule has 0 spiro atoms. The van der Waals surface area contributed by atoms with Crippen LogP contribution < -0.4 is 16.4 Å². The maximum Gasteiger partial charge on any atom is 0.252 e. The Balaban J connectivity index is 1.77. The van der Waals surface area contributed by atoms with Crippen molar-refractivity contribution >= 4 is 57.9 Å². The number of benzene rings is 1. The number of alkyl halides is 2. The van der Waals surface area contributed by atoms with Gasteiger partial charge in [-0.3, -0.25) is 9.36 Å². The lowest BCUT2D eigenvalue weighted by atomic mass is 9.88. The Morgan fingerprint density at radius 1 is 1.31 bits per heavy atom. The molecule has 9 nitrogen and oxygen atoms in total. The number of rotatable bonds is 10. The molecule has 0 radical (unpaired) electrons. The molecule has 4 N–H and O–H groups in total. The van der Waals surface area contributed by atoms with Crippen molar-refractivity contribution in [1.29, 1.82) is 5.26 Å². The highest BCUT2D eigenvalue weighted by Gasteiger charge is 2.45. The SMILES string of the molecule is CCC[C@@H](CCC(N)=O)n1c(Nc2c(Cl)cc(C#N)cc2Cl)nc2cnc(NC3CC(F)(F)C3)nc21. The quantitative estimate of drug-likeness (QED) is 0.308. The molecule has 0 saturated heterocycles. The van der Waals surface area contributed by atoms with Gasteiger partial charge in [0.15, 0.2) is 5.65 Å². The number of primary amides is 1. The van der Waals surface area contributed by atoms with Crippen molar-refractivity contribution < 1.29 is 13.6 Å². The van der Waals surface area contributed by atoms with Crippen LogP contribution in [0.3, 0.4) is 0 Å². The minimum absolute atomic E-state index is 0.148. The standard InChI is InChI=1S/C23H24Cl2F2N8O/c1-2-3-14(4-5-18(29)36)35-20-17(11-30-21(34-20)31-13-8-23(26,27)9-13)32-22(35)33-19-15(24)6-12(10-28)7-16(19)25/h6-7,11,13-14H,2-5,8-9H2,1H3,(H2,29,36)(H,32,33)(H,30,31,34)/t14-/m0/s1. The average molecular weight is 537 g/mol. The fourth-order valence-electron chi connectivity index (χ4n) is 4.25. The fourth-order valence-corrected chi connectivity index (χ4v) is 4.84. The number of amides is 1. The predicted octanol–water partition coefficient (Wildman–Crippen LogP) is 5.56. The number of hydrogen-bond acceptors (Lipinski definition) is 7. The Labute approximate surface area is 216 Å². The van der Waals surface area contributed by atoms with Gasteiger partial charge in [0.2, 0.25) is 17.8 Å². The van der Waals surface area contributed by atoms with Gasteiger partial charge in [-0.2, -0.15) is 10.2 Å². The maximum absolute atomic E-state index is 13.3. The summed E-state index contributed by atoms with van der Waals surface area (Å²) in [6.07, 6.45) is 3.00. The molecule has 4 rings (SSSR count). The summed E-state index contributed by atoms with van der Waals surface area (Å²) in [7, 11) is 0. The Kier molecular flexibility index (Phi) is 7.47. The van der Waals surface area contributed by atoms with E-state index in [4.69, 9.17) is 28.9 Å². The van der Waals surface area contributed by atoms with E-state index in [1.54, 1.807) is 0 Å². The summed E-state index contributed by atoms with van der Waals surface area (Å²) in [4.78, 5) is 25.0. The highest BCUT2D eigenvalue weighted by atomic mass is 35.5. The highest BCUT2D eigenvalue weighted by Crippen LogP contribution is 2.39. The van der Waals surface area contributed by atoms with Gasteiger partial charge in [-0.25, -0.2) is 18.7 Å². The fraction of sp³-hybridized carbons (Fsp3) is 0.435. The van der Waals surface area contributed by atoms with Gasteiger partial charge in [0.25, 0.3) is 5.92 Å².